The number of anilines is 2. The molecule has 0 aromatic carbocycles. The molecule has 1 aliphatic rings. The Kier molecular flexibility index (Phi) is 3.03. The minimum atomic E-state index is 0.661. The quantitative estimate of drug-likeness (QED) is 0.610. The molecule has 0 amide bonds. The van der Waals surface area contributed by atoms with E-state index in [1.807, 2.05) is 49.8 Å². The van der Waals surface area contributed by atoms with Crippen LogP contribution in [0.2, 0.25) is 0 Å². The Morgan fingerprint density at radius 1 is 1.08 bits per heavy atom. The minimum absolute atomic E-state index is 0.661. The van der Waals surface area contributed by atoms with Crippen molar-refractivity contribution in [2.75, 3.05) is 11.4 Å². The minimum Gasteiger partial charge on any atom is -0.346 e. The first-order valence-corrected chi connectivity index (χ1v) is 8.29. The zero-order valence-electron chi connectivity index (χ0n) is 13.8. The molecular formula is C19H16N6. The van der Waals surface area contributed by atoms with Gasteiger partial charge in [0.1, 0.15) is 17.2 Å². The van der Waals surface area contributed by atoms with Crippen LogP contribution in [-0.4, -0.2) is 31.5 Å². The van der Waals surface area contributed by atoms with Crippen molar-refractivity contribution < 1.29 is 0 Å². The maximum Gasteiger partial charge on any atom is 0.180 e. The second kappa shape index (κ2) is 5.37. The SMILES string of the molecule is Cc1cccc(-c2ncc3c(n2)N(c2ccnc4[nH]ccc24)CC3)n1. The van der Waals surface area contributed by atoms with Crippen LogP contribution < -0.4 is 4.90 Å². The zero-order chi connectivity index (χ0) is 16.8. The molecule has 4 aromatic rings. The van der Waals surface area contributed by atoms with Crippen LogP contribution in [0.3, 0.4) is 0 Å². The van der Waals surface area contributed by atoms with Crippen LogP contribution in [0.1, 0.15) is 11.3 Å². The molecule has 0 saturated heterocycles. The van der Waals surface area contributed by atoms with Crippen molar-refractivity contribution in [2.45, 2.75) is 13.3 Å². The highest BCUT2D eigenvalue weighted by Crippen LogP contribution is 2.36. The van der Waals surface area contributed by atoms with Crippen LogP contribution in [0.5, 0.6) is 0 Å². The molecule has 5 rings (SSSR count). The van der Waals surface area contributed by atoms with E-state index < -0.39 is 0 Å². The van der Waals surface area contributed by atoms with Crippen LogP contribution in [0.4, 0.5) is 11.5 Å². The Bertz CT molecular complexity index is 1080. The molecule has 6 nitrogen and oxygen atoms in total. The van der Waals surface area contributed by atoms with Gasteiger partial charge in [0.25, 0.3) is 0 Å². The lowest BCUT2D eigenvalue weighted by Gasteiger charge is -2.19. The highest BCUT2D eigenvalue weighted by molar-refractivity contribution is 5.92. The molecule has 0 bridgehead atoms. The van der Waals surface area contributed by atoms with E-state index in [2.05, 4.69) is 30.9 Å². The molecule has 0 fully saturated rings. The maximum atomic E-state index is 4.84. The molecule has 0 spiro atoms. The summed E-state index contributed by atoms with van der Waals surface area (Å²) in [5.41, 5.74) is 4.93. The summed E-state index contributed by atoms with van der Waals surface area (Å²) in [6, 6.07) is 10.0. The lowest BCUT2D eigenvalue weighted by atomic mass is 10.2. The van der Waals surface area contributed by atoms with Gasteiger partial charge in [0, 0.05) is 41.8 Å². The molecule has 0 aliphatic carbocycles. The van der Waals surface area contributed by atoms with Crippen LogP contribution >= 0.6 is 0 Å². The number of nitrogens with one attached hydrogen (secondary N) is 1. The fourth-order valence-corrected chi connectivity index (χ4v) is 3.35. The summed E-state index contributed by atoms with van der Waals surface area (Å²) in [6.45, 7) is 2.86. The molecule has 0 atom stereocenters. The van der Waals surface area contributed by atoms with E-state index in [4.69, 9.17) is 4.98 Å². The summed E-state index contributed by atoms with van der Waals surface area (Å²) in [4.78, 5) is 23.7. The molecular weight excluding hydrogens is 312 g/mol. The number of rotatable bonds is 2. The Morgan fingerprint density at radius 2 is 2.04 bits per heavy atom. The number of aromatic amines is 1. The monoisotopic (exact) mass is 328 g/mol. The van der Waals surface area contributed by atoms with E-state index in [1.54, 1.807) is 0 Å². The average Bonchev–Trinajstić information content (AvgIpc) is 3.27. The van der Waals surface area contributed by atoms with Crippen LogP contribution in [0.25, 0.3) is 22.6 Å². The second-order valence-electron chi connectivity index (χ2n) is 6.18. The van der Waals surface area contributed by atoms with Crippen LogP contribution in [-0.2, 0) is 6.42 Å². The summed E-state index contributed by atoms with van der Waals surface area (Å²) in [5.74, 6) is 1.62. The van der Waals surface area contributed by atoms with Crippen molar-refractivity contribution in [1.29, 1.82) is 0 Å². The number of H-pyrrole nitrogens is 1. The number of pyridine rings is 2. The molecule has 6 heteroatoms. The van der Waals surface area contributed by atoms with Crippen LogP contribution in [0, 0.1) is 6.92 Å². The average molecular weight is 328 g/mol. The third-order valence-electron chi connectivity index (χ3n) is 4.55. The first kappa shape index (κ1) is 14.1. The van der Waals surface area contributed by atoms with Gasteiger partial charge in [-0.1, -0.05) is 6.07 Å². The normalized spacial score (nSPS) is 13.4. The topological polar surface area (TPSA) is 70.6 Å². The highest BCUT2D eigenvalue weighted by Gasteiger charge is 2.25. The smallest absolute Gasteiger partial charge is 0.180 e. The van der Waals surface area contributed by atoms with Gasteiger partial charge in [0.15, 0.2) is 5.82 Å². The lowest BCUT2D eigenvalue weighted by Crippen LogP contribution is -2.15. The Hall–Kier alpha value is -3.28. The predicted octanol–water partition coefficient (Wildman–Crippen LogP) is 3.42. The first-order chi connectivity index (χ1) is 12.3. The Morgan fingerprint density at radius 3 is 2.96 bits per heavy atom. The predicted molar refractivity (Wildman–Crippen MR) is 96.8 cm³/mol. The standard InChI is InChI=1S/C19H16N6/c1-12-3-2-4-15(23-12)18-22-11-13-7-10-25(19(13)24-18)16-6-9-21-17-14(16)5-8-20-17/h2-6,8-9,11H,7,10H2,1H3,(H,20,21). The van der Waals surface area contributed by atoms with Gasteiger partial charge in [0.2, 0.25) is 0 Å². The second-order valence-corrected chi connectivity index (χ2v) is 6.18. The lowest BCUT2D eigenvalue weighted by molar-refractivity contribution is 0.993. The van der Waals surface area contributed by atoms with Crippen molar-refractivity contribution in [1.82, 2.24) is 24.9 Å². The van der Waals surface area contributed by atoms with Gasteiger partial charge in [-0.2, -0.15) is 0 Å². The fourth-order valence-electron chi connectivity index (χ4n) is 3.35. The number of hydrogen-bond donors (Lipinski definition) is 1. The van der Waals surface area contributed by atoms with Crippen LogP contribution in [0.15, 0.2) is 48.9 Å². The van der Waals surface area contributed by atoms with Gasteiger partial charge in [-0.15, -0.1) is 0 Å². The molecule has 0 unspecified atom stereocenters. The molecule has 5 heterocycles. The number of aryl methyl sites for hydroxylation is 1. The number of aromatic nitrogens is 5. The Balaban J connectivity index is 1.64. The highest BCUT2D eigenvalue weighted by atomic mass is 15.2. The summed E-state index contributed by atoms with van der Waals surface area (Å²) in [5, 5.41) is 1.10. The molecule has 122 valence electrons. The van der Waals surface area contributed by atoms with Gasteiger partial charge < -0.3 is 9.88 Å². The van der Waals surface area contributed by atoms with Gasteiger partial charge in [-0.3, -0.25) is 0 Å². The summed E-state index contributed by atoms with van der Waals surface area (Å²) >= 11 is 0. The summed E-state index contributed by atoms with van der Waals surface area (Å²) in [6.07, 6.45) is 6.61. The third-order valence-corrected chi connectivity index (χ3v) is 4.55. The van der Waals surface area contributed by atoms with E-state index in [-0.39, 0.29) is 0 Å². The van der Waals surface area contributed by atoms with Crippen molar-refractivity contribution in [2.24, 2.45) is 0 Å². The summed E-state index contributed by atoms with van der Waals surface area (Å²) < 4.78 is 0. The van der Waals surface area contributed by atoms with E-state index in [0.29, 0.717) is 5.82 Å². The van der Waals surface area contributed by atoms with Crippen molar-refractivity contribution in [3.8, 4) is 11.5 Å². The number of nitrogens with zero attached hydrogens (tertiary/aromatic N) is 5. The molecule has 1 N–H and O–H groups in total. The molecule has 0 saturated carbocycles. The first-order valence-electron chi connectivity index (χ1n) is 8.29. The zero-order valence-corrected chi connectivity index (χ0v) is 13.8. The van der Waals surface area contributed by atoms with Gasteiger partial charge in [-0.05, 0) is 37.6 Å². The fraction of sp³-hybridized carbons (Fsp3) is 0.158. The van der Waals surface area contributed by atoms with E-state index in [9.17, 15) is 0 Å². The number of hydrogen-bond acceptors (Lipinski definition) is 5. The van der Waals surface area contributed by atoms with Gasteiger partial charge >= 0.3 is 0 Å². The maximum absolute atomic E-state index is 4.84. The van der Waals surface area contributed by atoms with Crippen molar-refractivity contribution >= 4 is 22.5 Å². The Labute approximate surface area is 144 Å². The van der Waals surface area contributed by atoms with Gasteiger partial charge in [0.05, 0.1) is 5.69 Å². The third kappa shape index (κ3) is 2.26. The van der Waals surface area contributed by atoms with Gasteiger partial charge in [-0.25, -0.2) is 19.9 Å². The summed E-state index contributed by atoms with van der Waals surface area (Å²) in [7, 11) is 0. The van der Waals surface area contributed by atoms with Crippen molar-refractivity contribution in [3.05, 3.63) is 60.2 Å². The molecule has 0 radical (unpaired) electrons. The van der Waals surface area contributed by atoms with E-state index in [0.717, 1.165) is 52.5 Å². The molecule has 25 heavy (non-hydrogen) atoms. The number of fused-ring (bicyclic) bond motifs is 2. The van der Waals surface area contributed by atoms with E-state index in [1.165, 1.54) is 0 Å². The molecule has 1 aliphatic heterocycles. The van der Waals surface area contributed by atoms with E-state index >= 15 is 0 Å². The van der Waals surface area contributed by atoms with Crippen molar-refractivity contribution in [3.63, 3.8) is 0 Å². The largest absolute Gasteiger partial charge is 0.346 e. The molecule has 4 aromatic heterocycles.